The second kappa shape index (κ2) is 33.5. The molecule has 0 aromatic heterocycles. The lowest BCUT2D eigenvalue weighted by atomic mass is 10.0. The zero-order chi connectivity index (χ0) is 62.1. The predicted octanol–water partition coefficient (Wildman–Crippen LogP) is 14.3. The number of nitrogens with one attached hydrogen (secondary N) is 1. The van der Waals surface area contributed by atoms with Gasteiger partial charge in [-0.2, -0.15) is 0 Å². The Morgan fingerprint density at radius 2 is 0.671 bits per heavy atom. The third kappa shape index (κ3) is 20.6. The molecule has 0 spiro atoms. The fraction of sp³-hybridized carbons (Fsp3) is 0.565. The van der Waals surface area contributed by atoms with Crippen LogP contribution in [0.5, 0.6) is 0 Å². The van der Waals surface area contributed by atoms with E-state index in [-0.39, 0.29) is 29.2 Å². The maximum absolute atomic E-state index is 14.1. The maximum atomic E-state index is 14.1. The highest BCUT2D eigenvalue weighted by atomic mass is 35.5. The number of hydrogen-bond donors (Lipinski definition) is 1. The highest BCUT2D eigenvalue weighted by Crippen LogP contribution is 2.33. The van der Waals surface area contributed by atoms with Crippen LogP contribution in [-0.2, 0) is 0 Å². The van der Waals surface area contributed by atoms with E-state index in [1.807, 2.05) is 59.0 Å². The third-order valence-electron chi connectivity index (χ3n) is 17.1. The van der Waals surface area contributed by atoms with Crippen LogP contribution in [0.1, 0.15) is 127 Å². The van der Waals surface area contributed by atoms with E-state index < -0.39 is 11.6 Å². The van der Waals surface area contributed by atoms with Gasteiger partial charge in [-0.15, -0.1) is 0 Å². The Hall–Kier alpha value is -4.80. The first-order chi connectivity index (χ1) is 40.4. The van der Waals surface area contributed by atoms with Crippen LogP contribution in [0.2, 0.25) is 10.0 Å². The van der Waals surface area contributed by atoms with Crippen molar-refractivity contribution in [3.05, 3.63) is 146 Å². The molecule has 470 valence electrons. The Morgan fingerprint density at radius 3 is 1.04 bits per heavy atom. The van der Waals surface area contributed by atoms with E-state index in [4.69, 9.17) is 23.2 Å². The molecule has 5 aromatic carbocycles. The lowest BCUT2D eigenvalue weighted by Crippen LogP contribution is -2.45. The lowest BCUT2D eigenvalue weighted by molar-refractivity contribution is 0.310. The smallest absolute Gasteiger partial charge is 0.149 e. The van der Waals surface area contributed by atoms with Crippen molar-refractivity contribution in [2.24, 2.45) is 0 Å². The van der Waals surface area contributed by atoms with Crippen LogP contribution in [0.15, 0.2) is 84.9 Å². The number of piperazine rings is 5. The van der Waals surface area contributed by atoms with Crippen LogP contribution < -0.4 is 29.8 Å². The number of hydrogen-bond acceptors (Lipinski definition) is 10. The molecular weight excluding hydrogens is 1120 g/mol. The van der Waals surface area contributed by atoms with Crippen LogP contribution in [0.4, 0.5) is 46.0 Å². The summed E-state index contributed by atoms with van der Waals surface area (Å²) in [6, 6.07) is 27.1. The monoisotopic (exact) mass is 1220 g/mol. The molecule has 1 N–H and O–H groups in total. The molecule has 5 aliphatic rings. The van der Waals surface area contributed by atoms with E-state index >= 15 is 0 Å². The second-order valence-corrected chi connectivity index (χ2v) is 26.2. The van der Waals surface area contributed by atoms with Gasteiger partial charge in [0.2, 0.25) is 0 Å². The van der Waals surface area contributed by atoms with Gasteiger partial charge in [0, 0.05) is 137 Å². The first kappa shape index (κ1) is 69.3. The molecule has 0 bridgehead atoms. The Labute approximate surface area is 520 Å². The van der Waals surface area contributed by atoms with E-state index in [1.165, 1.54) is 34.6 Å². The second-order valence-electron chi connectivity index (χ2n) is 25.3. The van der Waals surface area contributed by atoms with Crippen molar-refractivity contribution in [1.82, 2.24) is 24.9 Å². The van der Waals surface area contributed by atoms with Gasteiger partial charge in [0.1, 0.15) is 29.0 Å². The van der Waals surface area contributed by atoms with Crippen LogP contribution in [0, 0.1) is 23.3 Å². The van der Waals surface area contributed by atoms with Crippen LogP contribution in [0.3, 0.4) is 0 Å². The van der Waals surface area contributed by atoms with Gasteiger partial charge in [0.15, 0.2) is 0 Å². The predicted molar refractivity (Wildman–Crippen MR) is 356 cm³/mol. The summed E-state index contributed by atoms with van der Waals surface area (Å²) in [4.78, 5) is 20.0. The van der Waals surface area contributed by atoms with Crippen molar-refractivity contribution in [2.45, 2.75) is 98.8 Å². The van der Waals surface area contributed by atoms with Gasteiger partial charge in [-0.3, -0.25) is 0 Å². The fourth-order valence-corrected chi connectivity index (χ4v) is 11.5. The maximum Gasteiger partial charge on any atom is 0.149 e. The van der Waals surface area contributed by atoms with Crippen molar-refractivity contribution in [1.29, 1.82) is 0 Å². The zero-order valence-electron chi connectivity index (χ0n) is 53.9. The SMILES string of the molecule is CC(C)c1cc(F)c(N2CCN(C)CC2)c(F)c1.CC(C)c1ccc(N2CCN(C)CC2)c(Cl)c1.CC(C)c1ccc(N2CCN(C)CC2)c(F)c1.CC(C)c1ccc(N2CCN(C)CC2)cc1F.CC(C)c1ccc(N2CCNCC2)c(Cl)c1. The quantitative estimate of drug-likeness (QED) is 0.137. The standard InChI is InChI=1S/C14H21ClN2.C14H20F2N2.2C14H21FN2.C13H19ClN2/c1-11(2)12-4-5-14(13(15)10-12)17-8-6-16(3)7-9-17;1-10(2)11-8-12(15)14(13(16)9-11)18-6-4-17(3)5-7-18;1-11(2)13-5-4-12(10-14(13)15)17-8-6-16(3)7-9-17;1-11(2)12-4-5-14(13(15)10-12)17-8-6-16(3)7-9-17;1-10(2)11-3-4-13(12(14)9-11)16-7-5-15-6-8-16/h4-5,10-11H,6-9H2,1-3H3;8-10H,4-7H2,1-3H3;2*4-5,10-11H,6-9H2,1-3H3;3-4,9-10,15H,5-8H2,1-2H3. The molecular formula is C69H102Cl2F4N10. The fourth-order valence-electron chi connectivity index (χ4n) is 10.9. The molecule has 0 amide bonds. The van der Waals surface area contributed by atoms with Gasteiger partial charge in [0.25, 0.3) is 0 Å². The van der Waals surface area contributed by atoms with Crippen LogP contribution in [-0.4, -0.2) is 179 Å². The lowest BCUT2D eigenvalue weighted by Gasteiger charge is -2.34. The molecule has 0 unspecified atom stereocenters. The average Bonchev–Trinajstić information content (AvgIpc) is 2.60. The van der Waals surface area contributed by atoms with Gasteiger partial charge in [-0.1, -0.05) is 117 Å². The van der Waals surface area contributed by atoms with Crippen molar-refractivity contribution < 1.29 is 17.6 Å². The molecule has 0 saturated carbocycles. The summed E-state index contributed by atoms with van der Waals surface area (Å²) >= 11 is 12.7. The summed E-state index contributed by atoms with van der Waals surface area (Å²) in [5, 5.41) is 5.12. The molecule has 0 atom stereocenters. The minimum absolute atomic E-state index is 0.0728. The number of rotatable bonds is 10. The summed E-state index contributed by atoms with van der Waals surface area (Å²) in [5.41, 5.74) is 9.47. The Balaban J connectivity index is 0.000000170. The number of anilines is 5. The topological polar surface area (TPSA) is 41.2 Å². The van der Waals surface area contributed by atoms with Gasteiger partial charge >= 0.3 is 0 Å². The van der Waals surface area contributed by atoms with Crippen LogP contribution >= 0.6 is 23.2 Å². The van der Waals surface area contributed by atoms with Crippen molar-refractivity contribution in [3.63, 3.8) is 0 Å². The normalized spacial score (nSPS) is 17.6. The Morgan fingerprint density at radius 1 is 0.329 bits per heavy atom. The summed E-state index contributed by atoms with van der Waals surface area (Å²) in [7, 11) is 8.42. The summed E-state index contributed by atoms with van der Waals surface area (Å²) in [5.74, 6) is 0.797. The van der Waals surface area contributed by atoms with E-state index in [0.717, 1.165) is 150 Å². The van der Waals surface area contributed by atoms with Gasteiger partial charge in [-0.25, -0.2) is 17.6 Å². The van der Waals surface area contributed by atoms with E-state index in [1.54, 1.807) is 17.0 Å². The summed E-state index contributed by atoms with van der Waals surface area (Å²) in [6.07, 6.45) is 0. The molecule has 0 aliphatic carbocycles. The molecule has 5 aromatic rings. The average molecular weight is 1220 g/mol. The molecule has 16 heteroatoms. The number of likely N-dealkylation sites (N-methyl/N-ethyl adjacent to an activating group) is 4. The Bertz CT molecular complexity index is 2710. The molecule has 5 saturated heterocycles. The molecule has 0 radical (unpaired) electrons. The number of nitrogens with zero attached hydrogens (tertiary/aromatic N) is 9. The van der Waals surface area contributed by atoms with E-state index in [9.17, 15) is 17.6 Å². The first-order valence-corrected chi connectivity index (χ1v) is 32.0. The van der Waals surface area contributed by atoms with Crippen molar-refractivity contribution in [3.8, 4) is 0 Å². The van der Waals surface area contributed by atoms with Gasteiger partial charge in [-0.05, 0) is 146 Å². The van der Waals surface area contributed by atoms with E-state index in [2.05, 4.69) is 144 Å². The van der Waals surface area contributed by atoms with Crippen molar-refractivity contribution >= 4 is 51.6 Å². The molecule has 5 aliphatic heterocycles. The van der Waals surface area contributed by atoms with Gasteiger partial charge < -0.3 is 49.4 Å². The number of benzene rings is 5. The molecule has 5 heterocycles. The van der Waals surface area contributed by atoms with Crippen molar-refractivity contribution in [2.75, 3.05) is 184 Å². The first-order valence-electron chi connectivity index (χ1n) is 31.3. The molecule has 10 nitrogen and oxygen atoms in total. The molecule has 5 fully saturated rings. The highest BCUT2D eigenvalue weighted by molar-refractivity contribution is 6.33. The Kier molecular flexibility index (Phi) is 27.3. The summed E-state index contributed by atoms with van der Waals surface area (Å²) in [6.45, 7) is 40.3. The van der Waals surface area contributed by atoms with E-state index in [0.29, 0.717) is 36.4 Å². The van der Waals surface area contributed by atoms with Gasteiger partial charge in [0.05, 0.1) is 27.1 Å². The highest BCUT2D eigenvalue weighted by Gasteiger charge is 2.24. The minimum atomic E-state index is -0.441. The largest absolute Gasteiger partial charge is 0.369 e. The third-order valence-corrected chi connectivity index (χ3v) is 17.7. The van der Waals surface area contributed by atoms with Crippen LogP contribution in [0.25, 0.3) is 0 Å². The zero-order valence-corrected chi connectivity index (χ0v) is 55.4. The minimum Gasteiger partial charge on any atom is -0.369 e. The molecule has 85 heavy (non-hydrogen) atoms. The molecule has 10 rings (SSSR count). The number of halogens is 6. The summed E-state index contributed by atoms with van der Waals surface area (Å²) < 4.78 is 56.0.